The van der Waals surface area contributed by atoms with Crippen molar-refractivity contribution in [2.75, 3.05) is 4.90 Å². The molecule has 0 aliphatic heterocycles. The first-order valence-electron chi connectivity index (χ1n) is 23.4. The van der Waals surface area contributed by atoms with Crippen LogP contribution in [-0.2, 0) is 16.2 Å². The number of fused-ring (bicyclic) bond motifs is 11. The Kier molecular flexibility index (Phi) is 8.28. The summed E-state index contributed by atoms with van der Waals surface area (Å²) in [5, 5.41) is 2.55. The van der Waals surface area contributed by atoms with Gasteiger partial charge in [-0.15, -0.1) is 0 Å². The molecule has 0 aromatic heterocycles. The van der Waals surface area contributed by atoms with Gasteiger partial charge in [0.25, 0.3) is 0 Å². The molecule has 0 spiro atoms. The summed E-state index contributed by atoms with van der Waals surface area (Å²) in [5.74, 6) is 0. The molecule has 0 amide bonds. The van der Waals surface area contributed by atoms with Crippen LogP contribution in [0.2, 0.25) is 0 Å². The van der Waals surface area contributed by atoms with Crippen LogP contribution in [-0.4, -0.2) is 0 Å². The minimum Gasteiger partial charge on any atom is -0.310 e. The van der Waals surface area contributed by atoms with Crippen molar-refractivity contribution in [2.24, 2.45) is 0 Å². The van der Waals surface area contributed by atoms with Crippen LogP contribution in [0.5, 0.6) is 0 Å². The summed E-state index contributed by atoms with van der Waals surface area (Å²) in [6, 6.07) is 84.5. The SMILES string of the molecule is CC1(C)c2ccccc2-c2ccc(-c3ccc(N(c4ccc5c(c4)C(c4ccccc4)(c4ccccc4)c4ccccc4-5)c4cc5ccccc5c5c4-c4ccccc4C5(C)C)cc3)cc21. The number of hydrogen-bond acceptors (Lipinski definition) is 1. The van der Waals surface area contributed by atoms with Gasteiger partial charge in [0.2, 0.25) is 0 Å². The van der Waals surface area contributed by atoms with Crippen LogP contribution < -0.4 is 4.90 Å². The molecule has 66 heavy (non-hydrogen) atoms. The van der Waals surface area contributed by atoms with Crippen molar-refractivity contribution in [3.63, 3.8) is 0 Å². The smallest absolute Gasteiger partial charge is 0.0714 e. The van der Waals surface area contributed by atoms with E-state index in [4.69, 9.17) is 0 Å². The highest BCUT2D eigenvalue weighted by atomic mass is 15.1. The van der Waals surface area contributed by atoms with Crippen molar-refractivity contribution in [3.05, 3.63) is 269 Å². The van der Waals surface area contributed by atoms with Crippen LogP contribution in [0.25, 0.3) is 55.3 Å². The van der Waals surface area contributed by atoms with Crippen molar-refractivity contribution in [1.82, 2.24) is 0 Å². The van der Waals surface area contributed by atoms with Gasteiger partial charge in [-0.05, 0) is 131 Å². The van der Waals surface area contributed by atoms with E-state index in [0.29, 0.717) is 0 Å². The van der Waals surface area contributed by atoms with E-state index >= 15 is 0 Å². The Morgan fingerprint density at radius 1 is 0.333 bits per heavy atom. The molecule has 10 aromatic carbocycles. The first-order valence-corrected chi connectivity index (χ1v) is 23.4. The Balaban J connectivity index is 1.06. The zero-order chi connectivity index (χ0) is 44.4. The first-order chi connectivity index (χ1) is 32.3. The van der Waals surface area contributed by atoms with Gasteiger partial charge in [0.05, 0.1) is 11.1 Å². The standard InChI is InChI=1S/C65H49N/c1-63(2)55-28-16-13-25-50(55)52-37-33-43(39-58(52)63)42-31-34-47(35-32-42)66(60-40-44-19-11-12-24-49(44)62-61(60)54-27-15-17-29-56(54)64(62,3)4)48-36-38-53-51-26-14-18-30-57(51)65(59(53)41-48,45-20-7-5-8-21-45)46-22-9-6-10-23-46/h5-41H,1-4H3. The Hall–Kier alpha value is -7.74. The van der Waals surface area contributed by atoms with Gasteiger partial charge in [0.1, 0.15) is 0 Å². The first kappa shape index (κ1) is 38.7. The highest BCUT2D eigenvalue weighted by Gasteiger charge is 2.47. The summed E-state index contributed by atoms with van der Waals surface area (Å²) >= 11 is 0. The molecule has 3 aliphatic carbocycles. The molecule has 0 atom stereocenters. The summed E-state index contributed by atoms with van der Waals surface area (Å²) in [4.78, 5) is 2.56. The summed E-state index contributed by atoms with van der Waals surface area (Å²) in [6.07, 6.45) is 0. The van der Waals surface area contributed by atoms with Gasteiger partial charge in [-0.2, -0.15) is 0 Å². The van der Waals surface area contributed by atoms with E-state index in [2.05, 4.69) is 257 Å². The Morgan fingerprint density at radius 3 is 1.53 bits per heavy atom. The second-order valence-corrected chi connectivity index (χ2v) is 19.6. The summed E-state index contributed by atoms with van der Waals surface area (Å²) in [5.41, 5.74) is 23.6. The summed E-state index contributed by atoms with van der Waals surface area (Å²) < 4.78 is 0. The zero-order valence-corrected chi connectivity index (χ0v) is 37.8. The molecule has 0 unspecified atom stereocenters. The van der Waals surface area contributed by atoms with Crippen LogP contribution in [0.15, 0.2) is 224 Å². The van der Waals surface area contributed by atoms with Gasteiger partial charge in [-0.1, -0.05) is 216 Å². The number of rotatable bonds is 6. The lowest BCUT2D eigenvalue weighted by Gasteiger charge is -2.35. The van der Waals surface area contributed by atoms with Gasteiger partial charge >= 0.3 is 0 Å². The zero-order valence-electron chi connectivity index (χ0n) is 37.8. The largest absolute Gasteiger partial charge is 0.310 e. The molecule has 0 heterocycles. The molecule has 3 aliphatic rings. The van der Waals surface area contributed by atoms with Crippen molar-refractivity contribution >= 4 is 27.8 Å². The third-order valence-corrected chi connectivity index (χ3v) is 15.5. The molecule has 0 bridgehead atoms. The monoisotopic (exact) mass is 843 g/mol. The molecule has 1 nitrogen and oxygen atoms in total. The predicted octanol–water partition coefficient (Wildman–Crippen LogP) is 17.0. The van der Waals surface area contributed by atoms with E-state index in [1.165, 1.54) is 105 Å². The van der Waals surface area contributed by atoms with Crippen molar-refractivity contribution in [1.29, 1.82) is 0 Å². The minimum atomic E-state index is -0.527. The predicted molar refractivity (Wildman–Crippen MR) is 276 cm³/mol. The number of hydrogen-bond donors (Lipinski definition) is 0. The molecular weight excluding hydrogens is 795 g/mol. The fraction of sp³-hybridized carbons (Fsp3) is 0.108. The topological polar surface area (TPSA) is 3.24 Å². The molecule has 13 rings (SSSR count). The lowest BCUT2D eigenvalue weighted by atomic mass is 9.67. The molecule has 0 saturated heterocycles. The average Bonchev–Trinajstić information content (AvgIpc) is 3.89. The maximum absolute atomic E-state index is 2.56. The Labute approximate surface area is 388 Å². The maximum Gasteiger partial charge on any atom is 0.0714 e. The van der Waals surface area contributed by atoms with E-state index in [1.807, 2.05) is 0 Å². The van der Waals surface area contributed by atoms with E-state index in [0.717, 1.165) is 11.4 Å². The molecule has 0 fully saturated rings. The molecule has 0 saturated carbocycles. The van der Waals surface area contributed by atoms with Gasteiger partial charge < -0.3 is 4.90 Å². The molecule has 1 heteroatoms. The van der Waals surface area contributed by atoms with Gasteiger partial charge in [0, 0.05) is 27.8 Å². The molecular formula is C65H49N. The second-order valence-electron chi connectivity index (χ2n) is 19.6. The van der Waals surface area contributed by atoms with Gasteiger partial charge in [0.15, 0.2) is 0 Å². The lowest BCUT2D eigenvalue weighted by Crippen LogP contribution is -2.28. The number of benzene rings is 10. The molecule has 10 aromatic rings. The average molecular weight is 844 g/mol. The second kappa shape index (κ2) is 14.1. The number of anilines is 3. The van der Waals surface area contributed by atoms with E-state index < -0.39 is 5.41 Å². The Bertz CT molecular complexity index is 3540. The normalized spacial score (nSPS) is 15.0. The van der Waals surface area contributed by atoms with E-state index in [-0.39, 0.29) is 10.8 Å². The van der Waals surface area contributed by atoms with Crippen LogP contribution in [0.1, 0.15) is 72.2 Å². The summed E-state index contributed by atoms with van der Waals surface area (Å²) in [6.45, 7) is 9.54. The minimum absolute atomic E-state index is 0.0683. The maximum atomic E-state index is 2.56. The highest BCUT2D eigenvalue weighted by Crippen LogP contribution is 2.60. The van der Waals surface area contributed by atoms with Crippen LogP contribution in [0.4, 0.5) is 17.1 Å². The van der Waals surface area contributed by atoms with Crippen molar-refractivity contribution in [2.45, 2.75) is 43.9 Å². The van der Waals surface area contributed by atoms with Crippen molar-refractivity contribution in [3.8, 4) is 44.5 Å². The van der Waals surface area contributed by atoms with Gasteiger partial charge in [-0.3, -0.25) is 0 Å². The Morgan fingerprint density at radius 2 is 0.833 bits per heavy atom. The van der Waals surface area contributed by atoms with Crippen LogP contribution in [0, 0.1) is 0 Å². The molecule has 314 valence electrons. The third-order valence-electron chi connectivity index (χ3n) is 15.5. The van der Waals surface area contributed by atoms with Gasteiger partial charge in [-0.25, -0.2) is 0 Å². The van der Waals surface area contributed by atoms with E-state index in [1.54, 1.807) is 0 Å². The highest BCUT2D eigenvalue weighted by molar-refractivity contribution is 6.06. The van der Waals surface area contributed by atoms with Crippen LogP contribution >= 0.6 is 0 Å². The molecule has 0 radical (unpaired) electrons. The van der Waals surface area contributed by atoms with Crippen LogP contribution in [0.3, 0.4) is 0 Å². The lowest BCUT2D eigenvalue weighted by molar-refractivity contribution is 0.660. The molecule has 0 N–H and O–H groups in total. The quantitative estimate of drug-likeness (QED) is 0.161. The fourth-order valence-electron chi connectivity index (χ4n) is 12.5. The fourth-order valence-corrected chi connectivity index (χ4v) is 12.5. The third kappa shape index (κ3) is 5.29. The van der Waals surface area contributed by atoms with Crippen molar-refractivity contribution < 1.29 is 0 Å². The summed E-state index contributed by atoms with van der Waals surface area (Å²) in [7, 11) is 0. The number of nitrogens with zero attached hydrogens (tertiary/aromatic N) is 1. The van der Waals surface area contributed by atoms with E-state index in [9.17, 15) is 0 Å².